The minimum Gasteiger partial charge on any atom is -0.353 e. The Bertz CT molecular complexity index is 780. The van der Waals surface area contributed by atoms with Crippen LogP contribution < -0.4 is 10.6 Å². The summed E-state index contributed by atoms with van der Waals surface area (Å²) < 4.78 is 1.81. The maximum atomic E-state index is 11.1. The number of hydrogen-bond acceptors (Lipinski definition) is 3. The molecule has 2 N–H and O–H groups in total. The lowest BCUT2D eigenvalue weighted by Gasteiger charge is -2.07. The van der Waals surface area contributed by atoms with Crippen molar-refractivity contribution >= 4 is 23.0 Å². The fraction of sp³-hybridized carbons (Fsp3) is 0.0588. The van der Waals surface area contributed by atoms with E-state index in [2.05, 4.69) is 15.7 Å². The number of nitrogens with one attached hydrogen (secondary N) is 2. The van der Waals surface area contributed by atoms with E-state index in [1.807, 2.05) is 60.8 Å². The third-order valence-electron chi connectivity index (χ3n) is 3.07. The van der Waals surface area contributed by atoms with Gasteiger partial charge in [0.15, 0.2) is 0 Å². The average molecular weight is 292 g/mol. The molecule has 0 aliphatic carbocycles. The van der Waals surface area contributed by atoms with E-state index >= 15 is 0 Å². The molecule has 3 aromatic rings. The zero-order valence-corrected chi connectivity index (χ0v) is 12.2. The van der Waals surface area contributed by atoms with Crippen molar-refractivity contribution in [2.24, 2.45) is 0 Å². The van der Waals surface area contributed by atoms with Gasteiger partial charge in [-0.15, -0.1) is 0 Å². The van der Waals surface area contributed by atoms with Crippen molar-refractivity contribution < 1.29 is 4.79 Å². The van der Waals surface area contributed by atoms with Crippen LogP contribution in [0.4, 0.5) is 17.1 Å². The van der Waals surface area contributed by atoms with E-state index in [1.54, 1.807) is 10.9 Å². The van der Waals surface area contributed by atoms with Crippen molar-refractivity contribution in [3.05, 3.63) is 67.0 Å². The van der Waals surface area contributed by atoms with Crippen LogP contribution in [0.1, 0.15) is 6.92 Å². The van der Waals surface area contributed by atoms with Gasteiger partial charge in [0.25, 0.3) is 0 Å². The summed E-state index contributed by atoms with van der Waals surface area (Å²) in [5.74, 6) is -0.0888. The van der Waals surface area contributed by atoms with Crippen LogP contribution in [0.25, 0.3) is 5.69 Å². The predicted molar refractivity (Wildman–Crippen MR) is 87.6 cm³/mol. The molecule has 0 spiro atoms. The van der Waals surface area contributed by atoms with Crippen LogP contribution in [-0.4, -0.2) is 15.7 Å². The third-order valence-corrected chi connectivity index (χ3v) is 3.07. The molecule has 0 atom stereocenters. The zero-order chi connectivity index (χ0) is 15.4. The van der Waals surface area contributed by atoms with Crippen molar-refractivity contribution in [2.75, 3.05) is 10.6 Å². The van der Waals surface area contributed by atoms with E-state index in [1.165, 1.54) is 6.92 Å². The molecular weight excluding hydrogens is 276 g/mol. The van der Waals surface area contributed by atoms with Gasteiger partial charge in [-0.05, 0) is 30.3 Å². The molecular formula is C17H16N4O. The van der Waals surface area contributed by atoms with Crippen molar-refractivity contribution in [3.63, 3.8) is 0 Å². The molecule has 2 aromatic carbocycles. The Morgan fingerprint density at radius 3 is 2.55 bits per heavy atom. The number of anilines is 3. The maximum Gasteiger partial charge on any atom is 0.221 e. The van der Waals surface area contributed by atoms with Crippen molar-refractivity contribution in [3.8, 4) is 5.69 Å². The second-order valence-electron chi connectivity index (χ2n) is 4.90. The maximum absolute atomic E-state index is 11.1. The first-order valence-corrected chi connectivity index (χ1v) is 6.95. The molecule has 0 aliphatic rings. The average Bonchev–Trinajstić information content (AvgIpc) is 2.96. The Morgan fingerprint density at radius 1 is 1.00 bits per heavy atom. The predicted octanol–water partition coefficient (Wildman–Crippen LogP) is 3.57. The van der Waals surface area contributed by atoms with Gasteiger partial charge >= 0.3 is 0 Å². The Labute approximate surface area is 128 Å². The summed E-state index contributed by atoms with van der Waals surface area (Å²) in [6.45, 7) is 1.49. The van der Waals surface area contributed by atoms with Crippen LogP contribution in [0, 0.1) is 0 Å². The Balaban J connectivity index is 1.77. The molecule has 22 heavy (non-hydrogen) atoms. The van der Waals surface area contributed by atoms with Crippen LogP contribution >= 0.6 is 0 Å². The molecule has 1 heterocycles. The lowest BCUT2D eigenvalue weighted by Crippen LogP contribution is -2.05. The first-order valence-electron chi connectivity index (χ1n) is 6.95. The topological polar surface area (TPSA) is 59.0 Å². The van der Waals surface area contributed by atoms with Crippen molar-refractivity contribution in [1.82, 2.24) is 9.78 Å². The molecule has 0 saturated heterocycles. The van der Waals surface area contributed by atoms with Gasteiger partial charge in [0.05, 0.1) is 23.8 Å². The molecule has 0 aliphatic heterocycles. The number of nitrogens with zero attached hydrogens (tertiary/aromatic N) is 2. The lowest BCUT2D eigenvalue weighted by molar-refractivity contribution is -0.114. The molecule has 1 amide bonds. The van der Waals surface area contributed by atoms with Crippen molar-refractivity contribution in [1.29, 1.82) is 0 Å². The fourth-order valence-corrected chi connectivity index (χ4v) is 2.15. The number of hydrogen-bond donors (Lipinski definition) is 2. The first-order chi connectivity index (χ1) is 10.7. The van der Waals surface area contributed by atoms with Crippen LogP contribution in [0.2, 0.25) is 0 Å². The van der Waals surface area contributed by atoms with Gasteiger partial charge in [-0.25, -0.2) is 4.68 Å². The highest BCUT2D eigenvalue weighted by Crippen LogP contribution is 2.20. The highest BCUT2D eigenvalue weighted by molar-refractivity contribution is 5.89. The highest BCUT2D eigenvalue weighted by atomic mass is 16.1. The normalized spacial score (nSPS) is 10.2. The van der Waals surface area contributed by atoms with Gasteiger partial charge < -0.3 is 10.6 Å². The first kappa shape index (κ1) is 13.9. The van der Waals surface area contributed by atoms with Crippen molar-refractivity contribution in [2.45, 2.75) is 6.92 Å². The van der Waals surface area contributed by atoms with Gasteiger partial charge in [-0.1, -0.05) is 24.3 Å². The van der Waals surface area contributed by atoms with E-state index in [9.17, 15) is 4.79 Å². The molecule has 110 valence electrons. The van der Waals surface area contributed by atoms with Gasteiger partial charge in [0, 0.05) is 18.3 Å². The molecule has 0 unspecified atom stereocenters. The summed E-state index contributed by atoms with van der Waals surface area (Å²) in [5, 5.41) is 10.4. The van der Waals surface area contributed by atoms with Crippen LogP contribution in [0.3, 0.4) is 0 Å². The molecule has 5 nitrogen and oxygen atoms in total. The monoisotopic (exact) mass is 292 g/mol. The quantitative estimate of drug-likeness (QED) is 0.772. The third kappa shape index (κ3) is 3.32. The second-order valence-corrected chi connectivity index (χ2v) is 4.90. The number of para-hydroxylation sites is 1. The Morgan fingerprint density at radius 2 is 1.77 bits per heavy atom. The summed E-state index contributed by atoms with van der Waals surface area (Å²) in [6, 6.07) is 17.5. The van der Waals surface area contributed by atoms with Gasteiger partial charge in [0.2, 0.25) is 5.91 Å². The number of rotatable bonds is 4. The van der Waals surface area contributed by atoms with E-state index in [-0.39, 0.29) is 5.91 Å². The minimum atomic E-state index is -0.0888. The van der Waals surface area contributed by atoms with E-state index in [0.29, 0.717) is 0 Å². The molecule has 1 aromatic heterocycles. The zero-order valence-electron chi connectivity index (χ0n) is 12.2. The van der Waals surface area contributed by atoms with E-state index in [0.717, 1.165) is 22.7 Å². The molecule has 0 bridgehead atoms. The molecule has 3 rings (SSSR count). The highest BCUT2D eigenvalue weighted by Gasteiger charge is 2.02. The number of carbonyl (C=O) groups excluding carboxylic acids is 1. The van der Waals surface area contributed by atoms with E-state index < -0.39 is 0 Å². The lowest BCUT2D eigenvalue weighted by atomic mass is 10.2. The number of benzene rings is 2. The standard InChI is InChI=1S/C17H16N4O/c1-13(22)19-14-6-5-7-15(10-14)20-16-11-18-21(12-16)17-8-3-2-4-9-17/h2-12,20H,1H3,(H,19,22). The second kappa shape index (κ2) is 6.13. The number of carbonyl (C=O) groups is 1. The summed E-state index contributed by atoms with van der Waals surface area (Å²) in [6.07, 6.45) is 3.68. The number of aromatic nitrogens is 2. The van der Waals surface area contributed by atoms with Gasteiger partial charge in [-0.3, -0.25) is 4.79 Å². The molecule has 5 heteroatoms. The Hall–Kier alpha value is -3.08. The SMILES string of the molecule is CC(=O)Nc1cccc(Nc2cnn(-c3ccccc3)c2)c1. The summed E-state index contributed by atoms with van der Waals surface area (Å²) >= 11 is 0. The van der Waals surface area contributed by atoms with Crippen LogP contribution in [0.15, 0.2) is 67.0 Å². The summed E-state index contributed by atoms with van der Waals surface area (Å²) in [5.41, 5.74) is 3.53. The molecule has 0 radical (unpaired) electrons. The minimum absolute atomic E-state index is 0.0888. The smallest absolute Gasteiger partial charge is 0.221 e. The van der Waals surface area contributed by atoms with Gasteiger partial charge in [-0.2, -0.15) is 5.10 Å². The molecule has 0 fully saturated rings. The van der Waals surface area contributed by atoms with Crippen LogP contribution in [-0.2, 0) is 4.79 Å². The Kier molecular flexibility index (Phi) is 3.87. The van der Waals surface area contributed by atoms with Crippen LogP contribution in [0.5, 0.6) is 0 Å². The fourth-order valence-electron chi connectivity index (χ4n) is 2.15. The summed E-state index contributed by atoms with van der Waals surface area (Å²) in [7, 11) is 0. The summed E-state index contributed by atoms with van der Waals surface area (Å²) in [4.78, 5) is 11.1. The van der Waals surface area contributed by atoms with Gasteiger partial charge in [0.1, 0.15) is 0 Å². The molecule has 0 saturated carbocycles. The number of amides is 1. The van der Waals surface area contributed by atoms with E-state index in [4.69, 9.17) is 0 Å². The largest absolute Gasteiger partial charge is 0.353 e.